The Hall–Kier alpha value is -1.14. The van der Waals surface area contributed by atoms with E-state index in [-0.39, 0.29) is 0 Å². The van der Waals surface area contributed by atoms with Crippen LogP contribution in [0.2, 0.25) is 0 Å². The summed E-state index contributed by atoms with van der Waals surface area (Å²) in [5.74, 6) is 0.680. The third-order valence-corrected chi connectivity index (χ3v) is 3.47. The third-order valence-electron chi connectivity index (χ3n) is 3.26. The van der Waals surface area contributed by atoms with E-state index >= 15 is 0 Å². The average molecular weight is 268 g/mol. The van der Waals surface area contributed by atoms with Crippen molar-refractivity contribution >= 4 is 17.2 Å². The number of aromatic nitrogens is 2. The lowest BCUT2D eigenvalue weighted by atomic mass is 10.2. The summed E-state index contributed by atoms with van der Waals surface area (Å²) in [6, 6.07) is 0. The van der Waals surface area contributed by atoms with Gasteiger partial charge in [-0.25, -0.2) is 4.68 Å². The summed E-state index contributed by atoms with van der Waals surface area (Å²) in [7, 11) is 1.85. The standard InChI is InChI=1S/C12H20N4OS/c1-9-10(11(13)18)12(15(2)14-9)17-8-7-16-5-3-4-6-16/h3-8H2,1-2H3,(H2,13,18). The molecule has 2 heterocycles. The number of hydrogen-bond acceptors (Lipinski definition) is 4. The van der Waals surface area contributed by atoms with Crippen molar-refractivity contribution in [3.8, 4) is 5.88 Å². The summed E-state index contributed by atoms with van der Waals surface area (Å²) >= 11 is 5.04. The van der Waals surface area contributed by atoms with Gasteiger partial charge in [0.05, 0.1) is 11.3 Å². The number of nitrogens with zero attached hydrogens (tertiary/aromatic N) is 3. The Bertz CT molecular complexity index is 438. The second-order valence-electron chi connectivity index (χ2n) is 4.65. The van der Waals surface area contributed by atoms with E-state index in [0.717, 1.165) is 17.8 Å². The largest absolute Gasteiger partial charge is 0.476 e. The van der Waals surface area contributed by atoms with Crippen LogP contribution in [0.4, 0.5) is 0 Å². The zero-order chi connectivity index (χ0) is 13.1. The fourth-order valence-electron chi connectivity index (χ4n) is 2.36. The molecule has 1 fully saturated rings. The SMILES string of the molecule is Cc1nn(C)c(OCCN2CCCC2)c1C(N)=S. The lowest BCUT2D eigenvalue weighted by Crippen LogP contribution is -2.26. The quantitative estimate of drug-likeness (QED) is 0.802. The van der Waals surface area contributed by atoms with E-state index in [1.807, 2.05) is 14.0 Å². The first-order valence-corrected chi connectivity index (χ1v) is 6.69. The smallest absolute Gasteiger partial charge is 0.222 e. The molecule has 0 radical (unpaired) electrons. The zero-order valence-electron chi connectivity index (χ0n) is 11.0. The van der Waals surface area contributed by atoms with Crippen molar-refractivity contribution in [2.24, 2.45) is 12.8 Å². The Morgan fingerprint density at radius 1 is 1.44 bits per heavy atom. The second kappa shape index (κ2) is 5.67. The van der Waals surface area contributed by atoms with Gasteiger partial charge in [0, 0.05) is 13.6 Å². The molecule has 0 spiro atoms. The number of hydrogen-bond donors (Lipinski definition) is 1. The molecule has 5 nitrogen and oxygen atoms in total. The molecule has 0 amide bonds. The Morgan fingerprint density at radius 3 is 2.72 bits per heavy atom. The summed E-state index contributed by atoms with van der Waals surface area (Å²) in [5.41, 5.74) is 7.29. The van der Waals surface area contributed by atoms with Crippen molar-refractivity contribution in [2.75, 3.05) is 26.2 Å². The number of likely N-dealkylation sites (tertiary alicyclic amines) is 1. The molecular formula is C12H20N4OS. The summed E-state index contributed by atoms with van der Waals surface area (Å²) < 4.78 is 7.51. The van der Waals surface area contributed by atoms with Gasteiger partial charge in [0.25, 0.3) is 0 Å². The fourth-order valence-corrected chi connectivity index (χ4v) is 2.60. The molecule has 1 aliphatic heterocycles. The highest BCUT2D eigenvalue weighted by Crippen LogP contribution is 2.21. The molecule has 100 valence electrons. The number of ether oxygens (including phenoxy) is 1. The highest BCUT2D eigenvalue weighted by Gasteiger charge is 2.17. The molecule has 6 heteroatoms. The molecule has 1 aromatic heterocycles. The molecule has 1 aliphatic rings. The molecule has 0 bridgehead atoms. The molecule has 0 aliphatic carbocycles. The van der Waals surface area contributed by atoms with E-state index < -0.39 is 0 Å². The van der Waals surface area contributed by atoms with E-state index in [9.17, 15) is 0 Å². The van der Waals surface area contributed by atoms with Gasteiger partial charge in [-0.05, 0) is 32.9 Å². The maximum absolute atomic E-state index is 5.80. The van der Waals surface area contributed by atoms with Crippen LogP contribution in [0.5, 0.6) is 5.88 Å². The molecular weight excluding hydrogens is 248 g/mol. The molecule has 1 aromatic rings. The van der Waals surface area contributed by atoms with Gasteiger partial charge in [-0.15, -0.1) is 0 Å². The first-order valence-electron chi connectivity index (χ1n) is 6.28. The molecule has 2 N–H and O–H groups in total. The summed E-state index contributed by atoms with van der Waals surface area (Å²) in [5, 5.41) is 4.29. The van der Waals surface area contributed by atoms with Gasteiger partial charge in [0.1, 0.15) is 11.6 Å². The predicted octanol–water partition coefficient (Wildman–Crippen LogP) is 0.837. The van der Waals surface area contributed by atoms with Gasteiger partial charge in [-0.1, -0.05) is 12.2 Å². The number of aryl methyl sites for hydroxylation is 2. The minimum Gasteiger partial charge on any atom is -0.476 e. The Kier molecular flexibility index (Phi) is 4.19. The van der Waals surface area contributed by atoms with Crippen molar-refractivity contribution in [2.45, 2.75) is 19.8 Å². The van der Waals surface area contributed by atoms with Crippen molar-refractivity contribution in [3.63, 3.8) is 0 Å². The van der Waals surface area contributed by atoms with Crippen LogP contribution < -0.4 is 10.5 Å². The maximum Gasteiger partial charge on any atom is 0.222 e. The molecule has 0 atom stereocenters. The molecule has 18 heavy (non-hydrogen) atoms. The van der Waals surface area contributed by atoms with Crippen molar-refractivity contribution in [1.82, 2.24) is 14.7 Å². The van der Waals surface area contributed by atoms with Gasteiger partial charge >= 0.3 is 0 Å². The van der Waals surface area contributed by atoms with E-state index in [1.54, 1.807) is 4.68 Å². The van der Waals surface area contributed by atoms with Crippen LogP contribution in [0.3, 0.4) is 0 Å². The number of thiocarbonyl (C=S) groups is 1. The van der Waals surface area contributed by atoms with Crippen LogP contribution in [0.1, 0.15) is 24.1 Å². The van der Waals surface area contributed by atoms with Gasteiger partial charge in [0.2, 0.25) is 5.88 Å². The highest BCUT2D eigenvalue weighted by molar-refractivity contribution is 7.80. The molecule has 0 aromatic carbocycles. The van der Waals surface area contributed by atoms with Crippen LogP contribution >= 0.6 is 12.2 Å². The summed E-state index contributed by atoms with van der Waals surface area (Å²) in [4.78, 5) is 2.75. The first kappa shape index (κ1) is 13.3. The number of nitrogens with two attached hydrogens (primary N) is 1. The molecule has 0 unspecified atom stereocenters. The lowest BCUT2D eigenvalue weighted by Gasteiger charge is -2.15. The van der Waals surface area contributed by atoms with E-state index in [1.165, 1.54) is 25.9 Å². The molecule has 1 saturated heterocycles. The van der Waals surface area contributed by atoms with Crippen LogP contribution in [-0.4, -0.2) is 45.9 Å². The van der Waals surface area contributed by atoms with Crippen LogP contribution in [0, 0.1) is 6.92 Å². The second-order valence-corrected chi connectivity index (χ2v) is 5.09. The Labute approximate surface area is 113 Å². The van der Waals surface area contributed by atoms with Crippen LogP contribution in [0.25, 0.3) is 0 Å². The highest BCUT2D eigenvalue weighted by atomic mass is 32.1. The summed E-state index contributed by atoms with van der Waals surface area (Å²) in [6.45, 7) is 5.84. The van der Waals surface area contributed by atoms with Gasteiger partial charge in [-0.2, -0.15) is 5.10 Å². The topological polar surface area (TPSA) is 56.3 Å². The molecule has 0 saturated carbocycles. The number of rotatable bonds is 5. The van der Waals surface area contributed by atoms with E-state index in [0.29, 0.717) is 17.5 Å². The van der Waals surface area contributed by atoms with Gasteiger partial charge < -0.3 is 10.5 Å². The van der Waals surface area contributed by atoms with Crippen molar-refractivity contribution in [3.05, 3.63) is 11.3 Å². The van der Waals surface area contributed by atoms with Gasteiger partial charge in [-0.3, -0.25) is 4.90 Å². The predicted molar refractivity (Wildman–Crippen MR) is 75.0 cm³/mol. The molecule has 2 rings (SSSR count). The Morgan fingerprint density at radius 2 is 2.11 bits per heavy atom. The van der Waals surface area contributed by atoms with Crippen LogP contribution in [0.15, 0.2) is 0 Å². The van der Waals surface area contributed by atoms with Gasteiger partial charge in [0.15, 0.2) is 0 Å². The van der Waals surface area contributed by atoms with Crippen LogP contribution in [-0.2, 0) is 7.05 Å². The maximum atomic E-state index is 5.80. The minimum absolute atomic E-state index is 0.344. The summed E-state index contributed by atoms with van der Waals surface area (Å²) in [6.07, 6.45) is 2.59. The monoisotopic (exact) mass is 268 g/mol. The first-order chi connectivity index (χ1) is 8.59. The lowest BCUT2D eigenvalue weighted by molar-refractivity contribution is 0.225. The van der Waals surface area contributed by atoms with Crippen molar-refractivity contribution < 1.29 is 4.74 Å². The minimum atomic E-state index is 0.344. The van der Waals surface area contributed by atoms with E-state index in [2.05, 4.69) is 10.00 Å². The van der Waals surface area contributed by atoms with Crippen molar-refractivity contribution in [1.29, 1.82) is 0 Å². The normalized spacial score (nSPS) is 16.1. The fraction of sp³-hybridized carbons (Fsp3) is 0.667. The average Bonchev–Trinajstić information content (AvgIpc) is 2.87. The van der Waals surface area contributed by atoms with E-state index in [4.69, 9.17) is 22.7 Å². The zero-order valence-corrected chi connectivity index (χ0v) is 11.8. The Balaban J connectivity index is 1.97. The third kappa shape index (κ3) is 2.81.